The summed E-state index contributed by atoms with van der Waals surface area (Å²) < 4.78 is 10.5. The summed E-state index contributed by atoms with van der Waals surface area (Å²) in [5.74, 6) is -0.560. The third-order valence-electron chi connectivity index (χ3n) is 4.63. The van der Waals surface area contributed by atoms with Crippen LogP contribution in [0.15, 0.2) is 41.7 Å². The smallest absolute Gasteiger partial charge is 0.410 e. The predicted molar refractivity (Wildman–Crippen MR) is 95.7 cm³/mol. The van der Waals surface area contributed by atoms with Gasteiger partial charge in [-0.25, -0.2) is 4.79 Å². The molecule has 7 heteroatoms. The fourth-order valence-corrected chi connectivity index (χ4v) is 3.09. The molecule has 7 nitrogen and oxygen atoms in total. The van der Waals surface area contributed by atoms with Gasteiger partial charge in [0.15, 0.2) is 0 Å². The summed E-state index contributed by atoms with van der Waals surface area (Å²) in [5, 5.41) is 6.65. The monoisotopic (exact) mass is 359 g/mol. The molecule has 0 fully saturated rings. The van der Waals surface area contributed by atoms with Crippen molar-refractivity contribution >= 4 is 12.1 Å². The highest BCUT2D eigenvalue weighted by Crippen LogP contribution is 2.23. The SMILES string of the molecule is CCOC(=O)C(C)C1NC2=C(CN(C(=O)OCc3ccccc3)CC2)N1. The maximum Gasteiger partial charge on any atom is 0.410 e. The van der Waals surface area contributed by atoms with Crippen molar-refractivity contribution in [2.75, 3.05) is 19.7 Å². The first kappa shape index (κ1) is 18.1. The lowest BCUT2D eigenvalue weighted by molar-refractivity contribution is -0.148. The molecule has 0 radical (unpaired) electrons. The summed E-state index contributed by atoms with van der Waals surface area (Å²) >= 11 is 0. The zero-order chi connectivity index (χ0) is 18.5. The Hall–Kier alpha value is -2.70. The number of benzene rings is 1. The zero-order valence-electron chi connectivity index (χ0n) is 15.2. The first-order valence-electron chi connectivity index (χ1n) is 8.96. The van der Waals surface area contributed by atoms with Gasteiger partial charge in [0.05, 0.1) is 24.8 Å². The van der Waals surface area contributed by atoms with Gasteiger partial charge in [-0.05, 0) is 19.4 Å². The second-order valence-corrected chi connectivity index (χ2v) is 6.48. The zero-order valence-corrected chi connectivity index (χ0v) is 15.2. The van der Waals surface area contributed by atoms with E-state index in [1.165, 1.54) is 0 Å². The van der Waals surface area contributed by atoms with Crippen molar-refractivity contribution in [3.05, 3.63) is 47.3 Å². The number of esters is 1. The van der Waals surface area contributed by atoms with E-state index < -0.39 is 0 Å². The highest BCUT2D eigenvalue weighted by atomic mass is 16.6. The topological polar surface area (TPSA) is 79.9 Å². The molecular formula is C19H25N3O4. The number of rotatable bonds is 5. The normalized spacial score (nSPS) is 19.9. The third kappa shape index (κ3) is 4.09. The number of hydrogen-bond acceptors (Lipinski definition) is 6. The van der Waals surface area contributed by atoms with Gasteiger partial charge in [0, 0.05) is 18.7 Å². The van der Waals surface area contributed by atoms with Crippen LogP contribution in [0.3, 0.4) is 0 Å². The molecular weight excluding hydrogens is 334 g/mol. The van der Waals surface area contributed by atoms with E-state index in [-0.39, 0.29) is 30.8 Å². The second kappa shape index (κ2) is 8.12. The lowest BCUT2D eigenvalue weighted by Gasteiger charge is -2.27. The summed E-state index contributed by atoms with van der Waals surface area (Å²) in [5.41, 5.74) is 2.95. The van der Waals surface area contributed by atoms with Crippen molar-refractivity contribution in [1.29, 1.82) is 0 Å². The average molecular weight is 359 g/mol. The molecule has 0 spiro atoms. The largest absolute Gasteiger partial charge is 0.466 e. The summed E-state index contributed by atoms with van der Waals surface area (Å²) in [4.78, 5) is 25.9. The molecule has 2 atom stereocenters. The van der Waals surface area contributed by atoms with Crippen molar-refractivity contribution in [1.82, 2.24) is 15.5 Å². The van der Waals surface area contributed by atoms with Crippen LogP contribution in [0.2, 0.25) is 0 Å². The first-order chi connectivity index (χ1) is 12.6. The number of amides is 1. The standard InChI is InChI=1S/C19H25N3O4/c1-3-25-18(23)13(2)17-20-15-9-10-22(11-16(15)21-17)19(24)26-12-14-7-5-4-6-8-14/h4-8,13,17,20-21H,3,9-12H2,1-2H3. The quantitative estimate of drug-likeness (QED) is 0.783. The molecule has 26 heavy (non-hydrogen) atoms. The fraction of sp³-hybridized carbons (Fsp3) is 0.474. The Morgan fingerprint density at radius 1 is 1.19 bits per heavy atom. The van der Waals surface area contributed by atoms with E-state index in [1.54, 1.807) is 11.8 Å². The molecule has 3 rings (SSSR count). The number of hydrogen-bond donors (Lipinski definition) is 2. The molecule has 1 amide bonds. The molecule has 1 aromatic carbocycles. The van der Waals surface area contributed by atoms with E-state index in [4.69, 9.17) is 9.47 Å². The van der Waals surface area contributed by atoms with Gasteiger partial charge in [-0.3, -0.25) is 4.79 Å². The minimum Gasteiger partial charge on any atom is -0.466 e. The van der Waals surface area contributed by atoms with Gasteiger partial charge in [0.1, 0.15) is 12.8 Å². The molecule has 2 heterocycles. The van der Waals surface area contributed by atoms with Crippen LogP contribution in [0.1, 0.15) is 25.8 Å². The van der Waals surface area contributed by atoms with Gasteiger partial charge >= 0.3 is 12.1 Å². The van der Waals surface area contributed by atoms with E-state index in [0.717, 1.165) is 17.0 Å². The summed E-state index contributed by atoms with van der Waals surface area (Å²) in [7, 11) is 0. The molecule has 2 aliphatic heterocycles. The second-order valence-electron chi connectivity index (χ2n) is 6.48. The Morgan fingerprint density at radius 2 is 1.92 bits per heavy atom. The average Bonchev–Trinajstić information content (AvgIpc) is 3.09. The lowest BCUT2D eigenvalue weighted by atomic mass is 10.1. The van der Waals surface area contributed by atoms with Gasteiger partial charge in [-0.2, -0.15) is 0 Å². The minimum absolute atomic E-state index is 0.209. The summed E-state index contributed by atoms with van der Waals surface area (Å²) in [6, 6.07) is 9.61. The van der Waals surface area contributed by atoms with Crippen LogP contribution in [0.25, 0.3) is 0 Å². The lowest BCUT2D eigenvalue weighted by Crippen LogP contribution is -2.43. The van der Waals surface area contributed by atoms with Crippen LogP contribution >= 0.6 is 0 Å². The molecule has 0 saturated heterocycles. The van der Waals surface area contributed by atoms with Crippen molar-refractivity contribution in [2.24, 2.45) is 5.92 Å². The Kier molecular flexibility index (Phi) is 5.65. The molecule has 1 aromatic rings. The summed E-state index contributed by atoms with van der Waals surface area (Å²) in [6.07, 6.45) is 0.165. The van der Waals surface area contributed by atoms with E-state index in [2.05, 4.69) is 10.6 Å². The highest BCUT2D eigenvalue weighted by molar-refractivity contribution is 5.73. The first-order valence-corrected chi connectivity index (χ1v) is 8.96. The Morgan fingerprint density at radius 3 is 2.65 bits per heavy atom. The number of nitrogens with one attached hydrogen (secondary N) is 2. The maximum atomic E-state index is 12.3. The molecule has 2 aliphatic rings. The van der Waals surface area contributed by atoms with E-state index in [1.807, 2.05) is 37.3 Å². The number of ether oxygens (including phenoxy) is 2. The van der Waals surface area contributed by atoms with Gasteiger partial charge in [0.25, 0.3) is 0 Å². The van der Waals surface area contributed by atoms with Crippen LogP contribution in [-0.2, 0) is 20.9 Å². The van der Waals surface area contributed by atoms with E-state index >= 15 is 0 Å². The third-order valence-corrected chi connectivity index (χ3v) is 4.63. The Bertz CT molecular complexity index is 689. The van der Waals surface area contributed by atoms with Gasteiger partial charge in [-0.15, -0.1) is 0 Å². The van der Waals surface area contributed by atoms with E-state index in [9.17, 15) is 9.59 Å². The van der Waals surface area contributed by atoms with Crippen molar-refractivity contribution in [2.45, 2.75) is 33.0 Å². The number of carbonyl (C=O) groups is 2. The van der Waals surface area contributed by atoms with E-state index in [0.29, 0.717) is 26.1 Å². The van der Waals surface area contributed by atoms with Crippen LogP contribution in [0, 0.1) is 5.92 Å². The van der Waals surface area contributed by atoms with Gasteiger partial charge in [0.2, 0.25) is 0 Å². The molecule has 2 unspecified atom stereocenters. The van der Waals surface area contributed by atoms with Gasteiger partial charge < -0.3 is 25.0 Å². The fourth-order valence-electron chi connectivity index (χ4n) is 3.09. The van der Waals surface area contributed by atoms with Crippen LogP contribution < -0.4 is 10.6 Å². The molecule has 0 bridgehead atoms. The minimum atomic E-state index is -0.330. The Balaban J connectivity index is 1.51. The van der Waals surface area contributed by atoms with Gasteiger partial charge in [-0.1, -0.05) is 30.3 Å². The van der Waals surface area contributed by atoms with Crippen LogP contribution in [0.5, 0.6) is 0 Å². The van der Waals surface area contributed by atoms with Crippen molar-refractivity contribution in [3.8, 4) is 0 Å². The summed E-state index contributed by atoms with van der Waals surface area (Å²) in [6.45, 7) is 5.28. The highest BCUT2D eigenvalue weighted by Gasteiger charge is 2.35. The number of nitrogens with zero attached hydrogens (tertiary/aromatic N) is 1. The molecule has 0 aromatic heterocycles. The molecule has 140 valence electrons. The number of carbonyl (C=O) groups excluding carboxylic acids is 2. The Labute approximate surface area is 153 Å². The maximum absolute atomic E-state index is 12.3. The van der Waals surface area contributed by atoms with Crippen molar-refractivity contribution < 1.29 is 19.1 Å². The van der Waals surface area contributed by atoms with Crippen LogP contribution in [-0.4, -0.2) is 42.8 Å². The molecule has 2 N–H and O–H groups in total. The predicted octanol–water partition coefficient (Wildman–Crippen LogP) is 1.96. The van der Waals surface area contributed by atoms with Crippen LogP contribution in [0.4, 0.5) is 4.79 Å². The molecule has 0 saturated carbocycles. The molecule has 0 aliphatic carbocycles. The van der Waals surface area contributed by atoms with Crippen molar-refractivity contribution in [3.63, 3.8) is 0 Å².